The number of rotatable bonds is 3. The van der Waals surface area contributed by atoms with E-state index in [9.17, 15) is 4.79 Å². The molecule has 0 spiro atoms. The monoisotopic (exact) mass is 242 g/mol. The summed E-state index contributed by atoms with van der Waals surface area (Å²) in [5.74, 6) is -0.660. The highest BCUT2D eigenvalue weighted by Crippen LogP contribution is 2.12. The van der Waals surface area contributed by atoms with E-state index in [2.05, 4.69) is 15.2 Å². The van der Waals surface area contributed by atoms with Crippen molar-refractivity contribution in [1.82, 2.24) is 15.0 Å². The number of nitrogens with zero attached hydrogens (tertiary/aromatic N) is 4. The van der Waals surface area contributed by atoms with Crippen molar-refractivity contribution in [2.24, 2.45) is 0 Å². The predicted molar refractivity (Wildman–Crippen MR) is 65.0 cm³/mol. The topological polar surface area (TPSA) is 61.4 Å². The fourth-order valence-electron chi connectivity index (χ4n) is 1.43. The summed E-state index contributed by atoms with van der Waals surface area (Å²) in [6.07, 6.45) is 1.32. The predicted octanol–water partition coefficient (Wildman–Crippen LogP) is 1.71. The first-order valence-electron chi connectivity index (χ1n) is 5.32. The molecule has 90 valence electrons. The Labute approximate surface area is 103 Å². The summed E-state index contributed by atoms with van der Waals surface area (Å²) >= 11 is 0. The van der Waals surface area contributed by atoms with Gasteiger partial charge in [0.15, 0.2) is 0 Å². The van der Waals surface area contributed by atoms with Crippen molar-refractivity contribution in [1.29, 1.82) is 0 Å². The highest BCUT2D eigenvalue weighted by Gasteiger charge is 2.12. The Kier molecular flexibility index (Phi) is 3.34. The van der Waals surface area contributed by atoms with Crippen LogP contribution in [0.5, 0.6) is 0 Å². The van der Waals surface area contributed by atoms with Gasteiger partial charge in [-0.15, -0.1) is 5.10 Å². The van der Waals surface area contributed by atoms with E-state index in [1.165, 1.54) is 10.9 Å². The number of ether oxygens (including phenoxy) is 1. The molecule has 1 aromatic carbocycles. The Morgan fingerprint density at radius 2 is 2.33 bits per heavy atom. The van der Waals surface area contributed by atoms with E-state index < -0.39 is 5.97 Å². The zero-order valence-corrected chi connectivity index (χ0v) is 9.70. The maximum atomic E-state index is 11.5. The van der Waals surface area contributed by atoms with E-state index in [1.807, 2.05) is 12.1 Å². The molecule has 18 heavy (non-hydrogen) atoms. The molecular formula is C12H10N4O2. The molecule has 2 rings (SSSR count). The van der Waals surface area contributed by atoms with Gasteiger partial charge in [-0.05, 0) is 19.1 Å². The molecule has 6 heteroatoms. The Balaban J connectivity index is 2.42. The lowest BCUT2D eigenvalue weighted by Crippen LogP contribution is -2.06. The molecule has 1 heterocycles. The van der Waals surface area contributed by atoms with Gasteiger partial charge in [0, 0.05) is 6.20 Å². The third-order valence-electron chi connectivity index (χ3n) is 2.23. The Morgan fingerprint density at radius 1 is 1.56 bits per heavy atom. The number of carbonyl (C=O) groups excluding carboxylic acids is 1. The molecule has 6 nitrogen and oxygen atoms in total. The summed E-state index contributed by atoms with van der Waals surface area (Å²) in [6.45, 7) is 8.88. The van der Waals surface area contributed by atoms with E-state index >= 15 is 0 Å². The van der Waals surface area contributed by atoms with Crippen molar-refractivity contribution < 1.29 is 9.53 Å². The standard InChI is InChI=1S/C12H10N4O2/c1-3-18-12(17)10(13-2)8-16-11-7-5-4-6-9(11)14-15-16/h4-8H,3H2,1H3. The molecular weight excluding hydrogens is 232 g/mol. The number of carbonyl (C=O) groups is 1. The average molecular weight is 242 g/mol. The van der Waals surface area contributed by atoms with Crippen LogP contribution in [-0.4, -0.2) is 27.6 Å². The van der Waals surface area contributed by atoms with Crippen LogP contribution in [0.1, 0.15) is 6.92 Å². The minimum Gasteiger partial charge on any atom is -0.471 e. The smallest absolute Gasteiger partial charge is 0.337 e. The van der Waals surface area contributed by atoms with Crippen LogP contribution >= 0.6 is 0 Å². The average Bonchev–Trinajstić information content (AvgIpc) is 2.79. The second kappa shape index (κ2) is 5.10. The fourth-order valence-corrected chi connectivity index (χ4v) is 1.43. The van der Waals surface area contributed by atoms with Gasteiger partial charge in [-0.2, -0.15) is 0 Å². The molecule has 0 fully saturated rings. The third kappa shape index (κ3) is 2.20. The van der Waals surface area contributed by atoms with Crippen LogP contribution in [0.2, 0.25) is 0 Å². The molecule has 0 aliphatic rings. The van der Waals surface area contributed by atoms with Crippen LogP contribution in [0.25, 0.3) is 22.1 Å². The Morgan fingerprint density at radius 3 is 3.06 bits per heavy atom. The number of aromatic nitrogens is 3. The van der Waals surface area contributed by atoms with Gasteiger partial charge in [0.25, 0.3) is 5.70 Å². The van der Waals surface area contributed by atoms with Crippen molar-refractivity contribution in [3.8, 4) is 0 Å². The summed E-state index contributed by atoms with van der Waals surface area (Å²) in [7, 11) is 0. The van der Waals surface area contributed by atoms with Crippen molar-refractivity contribution >= 4 is 23.2 Å². The van der Waals surface area contributed by atoms with Crippen LogP contribution in [-0.2, 0) is 9.53 Å². The van der Waals surface area contributed by atoms with Crippen molar-refractivity contribution in [3.63, 3.8) is 0 Å². The van der Waals surface area contributed by atoms with Crippen LogP contribution in [0, 0.1) is 6.57 Å². The summed E-state index contributed by atoms with van der Waals surface area (Å²) in [4.78, 5) is 14.6. The minimum absolute atomic E-state index is 0.132. The zero-order valence-electron chi connectivity index (χ0n) is 9.70. The van der Waals surface area contributed by atoms with Gasteiger partial charge in [0.05, 0.1) is 18.7 Å². The molecule has 1 aromatic heterocycles. The first kappa shape index (κ1) is 11.8. The maximum absolute atomic E-state index is 11.5. The summed E-state index contributed by atoms with van der Waals surface area (Å²) in [6, 6.07) is 7.28. The molecule has 0 N–H and O–H groups in total. The molecule has 0 aliphatic heterocycles. The fraction of sp³-hybridized carbons (Fsp3) is 0.167. The summed E-state index contributed by atoms with van der Waals surface area (Å²) in [5.41, 5.74) is 1.29. The normalized spacial score (nSPS) is 11.2. The number of esters is 1. The van der Waals surface area contributed by atoms with Gasteiger partial charge in [-0.1, -0.05) is 17.3 Å². The van der Waals surface area contributed by atoms with Crippen LogP contribution < -0.4 is 0 Å². The molecule has 0 unspecified atom stereocenters. The first-order valence-corrected chi connectivity index (χ1v) is 5.32. The third-order valence-corrected chi connectivity index (χ3v) is 2.23. The molecule has 0 amide bonds. The van der Waals surface area contributed by atoms with E-state index in [0.29, 0.717) is 5.52 Å². The quantitative estimate of drug-likeness (QED) is 0.467. The van der Waals surface area contributed by atoms with Gasteiger partial charge >= 0.3 is 5.97 Å². The lowest BCUT2D eigenvalue weighted by Gasteiger charge is -1.99. The second-order valence-corrected chi connectivity index (χ2v) is 3.37. The molecule has 0 bridgehead atoms. The van der Waals surface area contributed by atoms with E-state index in [0.717, 1.165) is 5.52 Å². The van der Waals surface area contributed by atoms with Crippen molar-refractivity contribution in [2.45, 2.75) is 6.92 Å². The number of hydrogen-bond donors (Lipinski definition) is 0. The van der Waals surface area contributed by atoms with E-state index in [1.54, 1.807) is 19.1 Å². The SMILES string of the molecule is [C-]#[N+]C(=Cn1nnc2ccccc21)C(=O)OCC. The highest BCUT2D eigenvalue weighted by atomic mass is 16.5. The van der Waals surface area contributed by atoms with Crippen molar-refractivity contribution in [2.75, 3.05) is 6.61 Å². The molecule has 0 saturated carbocycles. The van der Waals surface area contributed by atoms with E-state index in [-0.39, 0.29) is 12.3 Å². The number of para-hydroxylation sites is 1. The van der Waals surface area contributed by atoms with Crippen molar-refractivity contribution in [3.05, 3.63) is 41.4 Å². The summed E-state index contributed by atoms with van der Waals surface area (Å²) in [5, 5.41) is 7.79. The number of benzene rings is 1. The molecule has 0 aliphatic carbocycles. The molecule has 0 radical (unpaired) electrons. The lowest BCUT2D eigenvalue weighted by atomic mass is 10.3. The van der Waals surface area contributed by atoms with Crippen LogP contribution in [0.3, 0.4) is 0 Å². The van der Waals surface area contributed by atoms with Gasteiger partial charge in [0.2, 0.25) is 0 Å². The zero-order chi connectivity index (χ0) is 13.0. The Bertz CT molecular complexity index is 651. The molecule has 0 atom stereocenters. The highest BCUT2D eigenvalue weighted by molar-refractivity contribution is 5.94. The van der Waals surface area contributed by atoms with Gasteiger partial charge in [-0.25, -0.2) is 9.53 Å². The molecule has 0 saturated heterocycles. The minimum atomic E-state index is -0.660. The Hall–Kier alpha value is -2.68. The maximum Gasteiger partial charge on any atom is 0.337 e. The number of fused-ring (bicyclic) bond motifs is 1. The first-order chi connectivity index (χ1) is 8.76. The van der Waals surface area contributed by atoms with Gasteiger partial charge < -0.3 is 4.74 Å². The van der Waals surface area contributed by atoms with Crippen LogP contribution in [0.4, 0.5) is 0 Å². The second-order valence-electron chi connectivity index (χ2n) is 3.37. The molecule has 2 aromatic rings. The van der Waals surface area contributed by atoms with E-state index in [4.69, 9.17) is 11.3 Å². The van der Waals surface area contributed by atoms with Gasteiger partial charge in [0.1, 0.15) is 5.52 Å². The largest absolute Gasteiger partial charge is 0.471 e. The van der Waals surface area contributed by atoms with Crippen LogP contribution in [0.15, 0.2) is 30.0 Å². The summed E-state index contributed by atoms with van der Waals surface area (Å²) < 4.78 is 6.16. The van der Waals surface area contributed by atoms with Gasteiger partial charge in [-0.3, -0.25) is 4.79 Å². The lowest BCUT2D eigenvalue weighted by molar-refractivity contribution is -0.138. The number of hydrogen-bond acceptors (Lipinski definition) is 4.